The van der Waals surface area contributed by atoms with Crippen molar-refractivity contribution in [2.24, 2.45) is 11.7 Å². The van der Waals surface area contributed by atoms with Crippen molar-refractivity contribution in [3.8, 4) is 0 Å². The lowest BCUT2D eigenvalue weighted by Gasteiger charge is -2.32. The molecular formula is C20H25N3O2. The molecule has 0 radical (unpaired) electrons. The van der Waals surface area contributed by atoms with E-state index in [1.54, 1.807) is 4.90 Å². The van der Waals surface area contributed by atoms with Crippen molar-refractivity contribution in [1.82, 2.24) is 10.2 Å². The molecule has 2 aromatic rings. The topological polar surface area (TPSA) is 75.4 Å². The zero-order chi connectivity index (χ0) is 17.6. The van der Waals surface area contributed by atoms with Crippen LogP contribution < -0.4 is 11.1 Å². The lowest BCUT2D eigenvalue weighted by atomic mass is 9.95. The molecule has 3 amide bonds. The number of likely N-dealkylation sites (tertiary alicyclic amines) is 1. The standard InChI is InChI=1S/C20H25N3O2/c21-19(24)13-16-4-3-11-23(14-16)20(25)22-10-9-15-7-8-17-5-1-2-6-18(17)12-15/h1-2,5-8,12,16H,3-4,9-11,13-14H2,(H2,21,24)(H,22,25)/t16-/m1/s1. The van der Waals surface area contributed by atoms with Crippen LogP contribution in [0.15, 0.2) is 42.5 Å². The molecule has 0 spiro atoms. The van der Waals surface area contributed by atoms with Gasteiger partial charge in [-0.15, -0.1) is 0 Å². The van der Waals surface area contributed by atoms with E-state index in [-0.39, 0.29) is 17.9 Å². The van der Waals surface area contributed by atoms with E-state index in [0.717, 1.165) is 25.8 Å². The van der Waals surface area contributed by atoms with Crippen molar-refractivity contribution < 1.29 is 9.59 Å². The van der Waals surface area contributed by atoms with Gasteiger partial charge in [-0.25, -0.2) is 4.79 Å². The van der Waals surface area contributed by atoms with Gasteiger partial charge in [0.1, 0.15) is 0 Å². The zero-order valence-electron chi connectivity index (χ0n) is 14.4. The number of benzene rings is 2. The Labute approximate surface area is 148 Å². The molecule has 5 heteroatoms. The monoisotopic (exact) mass is 339 g/mol. The maximum Gasteiger partial charge on any atom is 0.317 e. The smallest absolute Gasteiger partial charge is 0.317 e. The summed E-state index contributed by atoms with van der Waals surface area (Å²) in [4.78, 5) is 25.2. The highest BCUT2D eigenvalue weighted by Crippen LogP contribution is 2.19. The molecule has 0 aliphatic carbocycles. The summed E-state index contributed by atoms with van der Waals surface area (Å²) in [5.41, 5.74) is 6.48. The van der Waals surface area contributed by atoms with Crippen LogP contribution in [0.1, 0.15) is 24.8 Å². The highest BCUT2D eigenvalue weighted by Gasteiger charge is 2.24. The van der Waals surface area contributed by atoms with E-state index in [1.165, 1.54) is 16.3 Å². The van der Waals surface area contributed by atoms with Crippen molar-refractivity contribution in [3.63, 3.8) is 0 Å². The first-order valence-corrected chi connectivity index (χ1v) is 8.90. The van der Waals surface area contributed by atoms with E-state index in [1.807, 2.05) is 12.1 Å². The maximum absolute atomic E-state index is 12.3. The number of urea groups is 1. The third-order valence-electron chi connectivity index (χ3n) is 4.80. The van der Waals surface area contributed by atoms with Crippen LogP contribution in [0.2, 0.25) is 0 Å². The first-order chi connectivity index (χ1) is 12.1. The summed E-state index contributed by atoms with van der Waals surface area (Å²) in [6, 6.07) is 14.6. The summed E-state index contributed by atoms with van der Waals surface area (Å²) in [5, 5.41) is 5.44. The molecular weight excluding hydrogens is 314 g/mol. The maximum atomic E-state index is 12.3. The van der Waals surface area contributed by atoms with Crippen molar-refractivity contribution in [1.29, 1.82) is 0 Å². The predicted molar refractivity (Wildman–Crippen MR) is 99.2 cm³/mol. The van der Waals surface area contributed by atoms with Crippen LogP contribution in [0, 0.1) is 5.92 Å². The lowest BCUT2D eigenvalue weighted by molar-refractivity contribution is -0.119. The average molecular weight is 339 g/mol. The van der Waals surface area contributed by atoms with Crippen molar-refractivity contribution in [2.75, 3.05) is 19.6 Å². The molecule has 1 aliphatic rings. The molecule has 1 heterocycles. The number of nitrogens with zero attached hydrogens (tertiary/aromatic N) is 1. The Morgan fingerprint density at radius 3 is 2.76 bits per heavy atom. The Morgan fingerprint density at radius 2 is 1.96 bits per heavy atom. The number of hydrogen-bond donors (Lipinski definition) is 2. The highest BCUT2D eigenvalue weighted by atomic mass is 16.2. The summed E-state index contributed by atoms with van der Waals surface area (Å²) in [6.07, 6.45) is 3.05. The lowest BCUT2D eigenvalue weighted by Crippen LogP contribution is -2.46. The highest BCUT2D eigenvalue weighted by molar-refractivity contribution is 5.83. The Bertz CT molecular complexity index is 759. The first-order valence-electron chi connectivity index (χ1n) is 8.90. The number of nitrogens with one attached hydrogen (secondary N) is 1. The van der Waals surface area contributed by atoms with Crippen LogP contribution in [0.5, 0.6) is 0 Å². The number of piperidine rings is 1. The Balaban J connectivity index is 1.49. The fraction of sp³-hybridized carbons (Fsp3) is 0.400. The summed E-state index contributed by atoms with van der Waals surface area (Å²) < 4.78 is 0. The Morgan fingerprint density at radius 1 is 1.16 bits per heavy atom. The SMILES string of the molecule is NC(=O)C[C@H]1CCCN(C(=O)NCCc2ccc3ccccc3c2)C1. The molecule has 0 bridgehead atoms. The minimum absolute atomic E-state index is 0.0463. The van der Waals surface area contributed by atoms with Crippen LogP contribution in [-0.2, 0) is 11.2 Å². The molecule has 3 rings (SSSR count). The molecule has 5 nitrogen and oxygen atoms in total. The molecule has 0 unspecified atom stereocenters. The molecule has 3 N–H and O–H groups in total. The van der Waals surface area contributed by atoms with E-state index < -0.39 is 0 Å². The van der Waals surface area contributed by atoms with Crippen LogP contribution in [0.3, 0.4) is 0 Å². The molecule has 1 aliphatic heterocycles. The minimum atomic E-state index is -0.288. The van der Waals surface area contributed by atoms with Gasteiger partial charge in [-0.05, 0) is 41.5 Å². The molecule has 2 aromatic carbocycles. The molecule has 1 fully saturated rings. The number of nitrogens with two attached hydrogens (primary N) is 1. The molecule has 0 aromatic heterocycles. The van der Waals surface area contributed by atoms with E-state index in [9.17, 15) is 9.59 Å². The molecule has 1 atom stereocenters. The fourth-order valence-electron chi connectivity index (χ4n) is 3.52. The molecule has 0 saturated carbocycles. The van der Waals surface area contributed by atoms with Gasteiger partial charge < -0.3 is 16.0 Å². The predicted octanol–water partition coefficient (Wildman–Crippen LogP) is 2.68. The number of primary amides is 1. The van der Waals surface area contributed by atoms with Crippen LogP contribution in [-0.4, -0.2) is 36.5 Å². The molecule has 25 heavy (non-hydrogen) atoms. The zero-order valence-corrected chi connectivity index (χ0v) is 14.4. The quantitative estimate of drug-likeness (QED) is 0.879. The number of hydrogen-bond acceptors (Lipinski definition) is 2. The van der Waals surface area contributed by atoms with Gasteiger partial charge in [-0.1, -0.05) is 42.5 Å². The second-order valence-electron chi connectivity index (χ2n) is 6.79. The van der Waals surface area contributed by atoms with Crippen molar-refractivity contribution >= 4 is 22.7 Å². The van der Waals surface area contributed by atoms with Crippen LogP contribution in [0.25, 0.3) is 10.8 Å². The van der Waals surface area contributed by atoms with Gasteiger partial charge in [0, 0.05) is 26.1 Å². The number of fused-ring (bicyclic) bond motifs is 1. The number of rotatable bonds is 5. The summed E-state index contributed by atoms with van der Waals surface area (Å²) in [6.45, 7) is 1.97. The van der Waals surface area contributed by atoms with Crippen LogP contribution in [0.4, 0.5) is 4.79 Å². The summed E-state index contributed by atoms with van der Waals surface area (Å²) in [7, 11) is 0. The third-order valence-corrected chi connectivity index (χ3v) is 4.80. The van der Waals surface area contributed by atoms with E-state index in [4.69, 9.17) is 5.73 Å². The van der Waals surface area contributed by atoms with Crippen LogP contribution >= 0.6 is 0 Å². The van der Waals surface area contributed by atoms with Crippen molar-refractivity contribution in [2.45, 2.75) is 25.7 Å². The number of carbonyl (C=O) groups is 2. The molecule has 132 valence electrons. The van der Waals surface area contributed by atoms with Gasteiger partial charge in [0.05, 0.1) is 0 Å². The second-order valence-corrected chi connectivity index (χ2v) is 6.79. The number of amides is 3. The van der Waals surface area contributed by atoms with Gasteiger partial charge in [-0.3, -0.25) is 4.79 Å². The minimum Gasteiger partial charge on any atom is -0.370 e. The van der Waals surface area contributed by atoms with Gasteiger partial charge in [0.2, 0.25) is 5.91 Å². The Kier molecular flexibility index (Phi) is 5.53. The summed E-state index contributed by atoms with van der Waals surface area (Å²) in [5.74, 6) is -0.0962. The third kappa shape index (κ3) is 4.72. The van der Waals surface area contributed by atoms with Gasteiger partial charge >= 0.3 is 6.03 Å². The van der Waals surface area contributed by atoms with E-state index >= 15 is 0 Å². The van der Waals surface area contributed by atoms with E-state index in [0.29, 0.717) is 19.5 Å². The fourth-order valence-corrected chi connectivity index (χ4v) is 3.52. The largest absolute Gasteiger partial charge is 0.370 e. The van der Waals surface area contributed by atoms with Crippen molar-refractivity contribution in [3.05, 3.63) is 48.0 Å². The Hall–Kier alpha value is -2.56. The van der Waals surface area contributed by atoms with Gasteiger partial charge in [0.25, 0.3) is 0 Å². The second kappa shape index (κ2) is 8.01. The normalized spacial score (nSPS) is 17.4. The first kappa shape index (κ1) is 17.3. The van der Waals surface area contributed by atoms with Gasteiger partial charge in [-0.2, -0.15) is 0 Å². The number of carbonyl (C=O) groups excluding carboxylic acids is 2. The summed E-state index contributed by atoms with van der Waals surface area (Å²) >= 11 is 0. The van der Waals surface area contributed by atoms with Gasteiger partial charge in [0.15, 0.2) is 0 Å². The average Bonchev–Trinajstić information content (AvgIpc) is 2.61. The van der Waals surface area contributed by atoms with E-state index in [2.05, 4.69) is 35.6 Å². The molecule has 1 saturated heterocycles.